The molecule has 0 bridgehead atoms. The lowest BCUT2D eigenvalue weighted by Gasteiger charge is -2.18. The molecular formula is C71H120O6. The molecule has 440 valence electrons. The molecule has 6 heteroatoms. The van der Waals surface area contributed by atoms with Crippen LogP contribution in [0.15, 0.2) is 109 Å². The fraction of sp³-hybridized carbons (Fsp3) is 0.704. The average molecular weight is 1070 g/mol. The van der Waals surface area contributed by atoms with Crippen molar-refractivity contribution in [3.05, 3.63) is 109 Å². The average Bonchev–Trinajstić information content (AvgIpc) is 3.43. The molecule has 0 aliphatic carbocycles. The van der Waals surface area contributed by atoms with E-state index in [2.05, 4.69) is 130 Å². The number of rotatable bonds is 58. The van der Waals surface area contributed by atoms with E-state index >= 15 is 0 Å². The van der Waals surface area contributed by atoms with E-state index in [0.29, 0.717) is 19.3 Å². The highest BCUT2D eigenvalue weighted by Gasteiger charge is 2.19. The lowest BCUT2D eigenvalue weighted by molar-refractivity contribution is -0.167. The summed E-state index contributed by atoms with van der Waals surface area (Å²) in [5.74, 6) is -0.909. The lowest BCUT2D eigenvalue weighted by Crippen LogP contribution is -2.30. The zero-order valence-corrected chi connectivity index (χ0v) is 50.4. The van der Waals surface area contributed by atoms with Gasteiger partial charge in [-0.2, -0.15) is 0 Å². The Morgan fingerprint density at radius 3 is 0.818 bits per heavy atom. The summed E-state index contributed by atoms with van der Waals surface area (Å²) in [6.07, 6.45) is 88.0. The zero-order valence-electron chi connectivity index (χ0n) is 50.4. The molecule has 0 aliphatic heterocycles. The fourth-order valence-electron chi connectivity index (χ4n) is 8.88. The molecule has 0 aromatic carbocycles. The summed E-state index contributed by atoms with van der Waals surface area (Å²) in [5, 5.41) is 0. The van der Waals surface area contributed by atoms with E-state index in [0.717, 1.165) is 122 Å². The Kier molecular flexibility index (Phi) is 61.3. The summed E-state index contributed by atoms with van der Waals surface area (Å²) in [6.45, 7) is 6.50. The molecule has 0 heterocycles. The molecule has 1 atom stereocenters. The number of hydrogen-bond acceptors (Lipinski definition) is 6. The van der Waals surface area contributed by atoms with Gasteiger partial charge in [-0.15, -0.1) is 0 Å². The van der Waals surface area contributed by atoms with Crippen molar-refractivity contribution >= 4 is 17.9 Å². The molecule has 0 fully saturated rings. The Morgan fingerprint density at radius 2 is 0.506 bits per heavy atom. The third-order valence-corrected chi connectivity index (χ3v) is 13.7. The highest BCUT2D eigenvalue weighted by atomic mass is 16.6. The Bertz CT molecular complexity index is 1560. The number of carbonyl (C=O) groups excluding carboxylic acids is 3. The van der Waals surface area contributed by atoms with Crippen LogP contribution in [0.2, 0.25) is 0 Å². The van der Waals surface area contributed by atoms with Crippen molar-refractivity contribution < 1.29 is 28.6 Å². The minimum atomic E-state index is -0.793. The van der Waals surface area contributed by atoms with Gasteiger partial charge in [0.1, 0.15) is 13.2 Å². The first-order valence-electron chi connectivity index (χ1n) is 32.4. The second kappa shape index (κ2) is 64.6. The maximum absolute atomic E-state index is 12.9. The minimum Gasteiger partial charge on any atom is -0.462 e. The van der Waals surface area contributed by atoms with E-state index in [-0.39, 0.29) is 31.1 Å². The smallest absolute Gasteiger partial charge is 0.306 e. The van der Waals surface area contributed by atoms with E-state index in [1.807, 2.05) is 0 Å². The molecule has 0 amide bonds. The Labute approximate surface area is 476 Å². The van der Waals surface area contributed by atoms with Crippen LogP contribution in [-0.2, 0) is 28.6 Å². The fourth-order valence-corrected chi connectivity index (χ4v) is 8.88. The summed E-state index contributed by atoms with van der Waals surface area (Å²) in [6, 6.07) is 0. The van der Waals surface area contributed by atoms with Crippen molar-refractivity contribution in [3.8, 4) is 0 Å². The predicted molar refractivity (Wildman–Crippen MR) is 334 cm³/mol. The van der Waals surface area contributed by atoms with Crippen LogP contribution in [0.1, 0.15) is 303 Å². The number of hydrogen-bond donors (Lipinski definition) is 0. The summed E-state index contributed by atoms with van der Waals surface area (Å²) >= 11 is 0. The molecule has 1 unspecified atom stereocenters. The van der Waals surface area contributed by atoms with E-state index in [4.69, 9.17) is 14.2 Å². The van der Waals surface area contributed by atoms with Gasteiger partial charge in [0, 0.05) is 19.3 Å². The molecule has 0 aromatic rings. The molecule has 0 radical (unpaired) electrons. The predicted octanol–water partition coefficient (Wildman–Crippen LogP) is 22.2. The molecule has 0 rings (SSSR count). The Balaban J connectivity index is 4.38. The van der Waals surface area contributed by atoms with Crippen molar-refractivity contribution in [3.63, 3.8) is 0 Å². The monoisotopic (exact) mass is 1070 g/mol. The SMILES string of the molecule is CC/C=C\C/C=C\C/C=C\C/C=C\C/C=C\C/C=C\CCCCCCCCC(=O)OCC(COC(=O)CCCCCCC/C=C\CCCCCC)OC(=O)CCCCCCCCCCC/C=C\C/C=C\CCCCCCC. The third kappa shape index (κ3) is 62.8. The van der Waals surface area contributed by atoms with Crippen LogP contribution in [0.3, 0.4) is 0 Å². The van der Waals surface area contributed by atoms with E-state index in [1.54, 1.807) is 0 Å². The molecule has 0 spiro atoms. The van der Waals surface area contributed by atoms with Crippen LogP contribution < -0.4 is 0 Å². The van der Waals surface area contributed by atoms with Gasteiger partial charge in [-0.25, -0.2) is 0 Å². The van der Waals surface area contributed by atoms with Crippen LogP contribution in [0, 0.1) is 0 Å². The van der Waals surface area contributed by atoms with Gasteiger partial charge in [-0.3, -0.25) is 14.4 Å². The number of unbranched alkanes of at least 4 members (excludes halogenated alkanes) is 29. The Hall–Kier alpha value is -3.93. The highest BCUT2D eigenvalue weighted by Crippen LogP contribution is 2.15. The van der Waals surface area contributed by atoms with Gasteiger partial charge in [0.2, 0.25) is 0 Å². The second-order valence-corrected chi connectivity index (χ2v) is 21.3. The Morgan fingerprint density at radius 1 is 0.273 bits per heavy atom. The minimum absolute atomic E-state index is 0.0891. The summed E-state index contributed by atoms with van der Waals surface area (Å²) < 4.78 is 16.9. The molecule has 0 aromatic heterocycles. The first-order valence-corrected chi connectivity index (χ1v) is 32.4. The van der Waals surface area contributed by atoms with Gasteiger partial charge in [-0.1, -0.05) is 265 Å². The van der Waals surface area contributed by atoms with Crippen molar-refractivity contribution in [1.29, 1.82) is 0 Å². The maximum atomic E-state index is 12.9. The molecule has 6 nitrogen and oxygen atoms in total. The molecule has 77 heavy (non-hydrogen) atoms. The van der Waals surface area contributed by atoms with Crippen LogP contribution in [-0.4, -0.2) is 37.2 Å². The van der Waals surface area contributed by atoms with Crippen molar-refractivity contribution in [2.45, 2.75) is 309 Å². The van der Waals surface area contributed by atoms with E-state index in [9.17, 15) is 14.4 Å². The van der Waals surface area contributed by atoms with Gasteiger partial charge in [0.15, 0.2) is 6.10 Å². The summed E-state index contributed by atoms with van der Waals surface area (Å²) in [7, 11) is 0. The highest BCUT2D eigenvalue weighted by molar-refractivity contribution is 5.71. The van der Waals surface area contributed by atoms with Crippen LogP contribution in [0.4, 0.5) is 0 Å². The maximum Gasteiger partial charge on any atom is 0.306 e. The molecule has 0 N–H and O–H groups in total. The van der Waals surface area contributed by atoms with E-state index in [1.165, 1.54) is 141 Å². The molecule has 0 saturated heterocycles. The molecule has 0 aliphatic rings. The number of esters is 3. The van der Waals surface area contributed by atoms with Crippen LogP contribution >= 0.6 is 0 Å². The molecular weight excluding hydrogens is 949 g/mol. The first kappa shape index (κ1) is 73.1. The van der Waals surface area contributed by atoms with Crippen LogP contribution in [0.25, 0.3) is 0 Å². The van der Waals surface area contributed by atoms with Crippen molar-refractivity contribution in [1.82, 2.24) is 0 Å². The van der Waals surface area contributed by atoms with Crippen molar-refractivity contribution in [2.75, 3.05) is 13.2 Å². The normalized spacial score (nSPS) is 12.8. The van der Waals surface area contributed by atoms with Crippen molar-refractivity contribution in [2.24, 2.45) is 0 Å². The summed E-state index contributed by atoms with van der Waals surface area (Å²) in [5.41, 5.74) is 0. The lowest BCUT2D eigenvalue weighted by atomic mass is 10.1. The van der Waals surface area contributed by atoms with Gasteiger partial charge in [0.25, 0.3) is 0 Å². The largest absolute Gasteiger partial charge is 0.462 e. The van der Waals surface area contributed by atoms with Gasteiger partial charge in [-0.05, 0) is 128 Å². The first-order chi connectivity index (χ1) is 38.0. The topological polar surface area (TPSA) is 78.9 Å². The standard InChI is InChI=1S/C71H120O6/c1-4-7-10-13-16-19-22-25-27-29-31-33-34-35-36-38-39-41-43-46-49-52-55-58-61-64-70(73)76-67-68(66-75-69(72)63-60-57-54-51-48-45-24-21-18-15-12-9-6-3)77-71(74)65-62-59-56-53-50-47-44-42-40-37-32-30-28-26-23-20-17-14-11-8-5-2/h7,10,16,19,21,23-27,30-33,35-36,39,41,68H,4-6,8-9,11-15,17-18,20,22,28-29,34,37-38,40,42-67H2,1-3H3/b10-7-,19-16-,24-21-,26-23-,27-25-,32-30-,33-31-,36-35-,41-39-. The van der Waals surface area contributed by atoms with Gasteiger partial charge in [0.05, 0.1) is 0 Å². The van der Waals surface area contributed by atoms with E-state index < -0.39 is 6.10 Å². The number of carbonyl (C=O) groups is 3. The molecule has 0 saturated carbocycles. The number of allylic oxidation sites excluding steroid dienone is 18. The second-order valence-electron chi connectivity index (χ2n) is 21.3. The van der Waals surface area contributed by atoms with Gasteiger partial charge < -0.3 is 14.2 Å². The third-order valence-electron chi connectivity index (χ3n) is 13.7. The quantitative estimate of drug-likeness (QED) is 0.0261. The summed E-state index contributed by atoms with van der Waals surface area (Å²) in [4.78, 5) is 38.3. The number of ether oxygens (including phenoxy) is 3. The zero-order chi connectivity index (χ0) is 55.7. The van der Waals surface area contributed by atoms with Gasteiger partial charge >= 0.3 is 17.9 Å². The van der Waals surface area contributed by atoms with Crippen LogP contribution in [0.5, 0.6) is 0 Å².